The molecule has 312 valence electrons. The lowest BCUT2D eigenvalue weighted by atomic mass is 9.68. The molecule has 3 saturated carbocycles. The van der Waals surface area contributed by atoms with E-state index < -0.39 is 5.97 Å². The number of aromatic nitrogens is 2. The quantitative estimate of drug-likeness (QED) is 0.176. The lowest BCUT2D eigenvalue weighted by Crippen LogP contribution is -2.35. The molecule has 1 aromatic rings. The summed E-state index contributed by atoms with van der Waals surface area (Å²) in [6.45, 7) is 36.3. The minimum Gasteiger partial charge on any atom is -0.481 e. The third kappa shape index (κ3) is 8.40. The van der Waals surface area contributed by atoms with Gasteiger partial charge in [0.15, 0.2) is 5.78 Å². The maximum Gasteiger partial charge on any atom is 0.300 e. The fraction of sp³-hybridized carbons (Fsp3) is 0.787. The standard InChI is InChI=1S/C16H24N2.C14H24O.C14H22O.C2H4O2.CH4N2.H2/c1-10-15(2,3)12-7-6-11-8-17-9-18-14(11)13(12)16(10,4)5;2*1-9-13(2,3)10-7-6-8-11(15)12(10)14(9,4)5;1-2(3)4;2-1-3;/h8-10,12-13H,6-7H2,1-5H3;9-10,12H,6-8H2,1-5H3;9H,6-8H2,1-5H3;1H3,(H,3,4);1H,(H3,2,3);1H/p+1. The number of carbonyl (C=O) groups excluding carboxylic acids is 2. The molecule has 1 aromatic heterocycles. The average Bonchev–Trinajstić information content (AvgIpc) is 3.40. The van der Waals surface area contributed by atoms with Crippen LogP contribution in [0.4, 0.5) is 0 Å². The molecule has 0 radical (unpaired) electrons. The Bertz CT molecular complexity index is 1620. The summed E-state index contributed by atoms with van der Waals surface area (Å²) >= 11 is 0. The van der Waals surface area contributed by atoms with Crippen LogP contribution in [-0.2, 0) is 20.8 Å². The molecule has 0 saturated heterocycles. The number of nitrogens with zero attached hydrogens (tertiary/aromatic N) is 2. The Kier molecular flexibility index (Phi) is 14.0. The molecule has 0 spiro atoms. The topological polar surface area (TPSA) is 149 Å². The van der Waals surface area contributed by atoms with Crippen molar-refractivity contribution in [3.8, 4) is 0 Å². The van der Waals surface area contributed by atoms with Crippen LogP contribution < -0.4 is 11.1 Å². The molecule has 6 aliphatic rings. The number of aliphatic carboxylic acids is 1. The highest BCUT2D eigenvalue weighted by molar-refractivity contribution is 5.99. The van der Waals surface area contributed by atoms with Crippen LogP contribution in [0.5, 0.6) is 0 Å². The van der Waals surface area contributed by atoms with Crippen LogP contribution in [0, 0.1) is 68.0 Å². The molecule has 3 fully saturated rings. The van der Waals surface area contributed by atoms with Crippen molar-refractivity contribution in [2.45, 2.75) is 168 Å². The van der Waals surface area contributed by atoms with E-state index in [1.807, 2.05) is 6.20 Å². The zero-order valence-electron chi connectivity index (χ0n) is 37.7. The third-order valence-electron chi connectivity index (χ3n) is 16.9. The van der Waals surface area contributed by atoms with Crippen molar-refractivity contribution in [2.24, 2.45) is 73.7 Å². The smallest absolute Gasteiger partial charge is 0.300 e. The van der Waals surface area contributed by atoms with Gasteiger partial charge in [-0.2, -0.15) is 0 Å². The molecule has 0 aliphatic heterocycles. The lowest BCUT2D eigenvalue weighted by Gasteiger charge is -2.37. The molecule has 8 heteroatoms. The molecule has 7 unspecified atom stereocenters. The molecule has 7 rings (SSSR count). The number of aryl methyl sites for hydroxylation is 1. The summed E-state index contributed by atoms with van der Waals surface area (Å²) in [5.41, 5.74) is 11.4. The first-order valence-corrected chi connectivity index (χ1v) is 21.1. The van der Waals surface area contributed by atoms with Gasteiger partial charge in [0.2, 0.25) is 6.34 Å². The van der Waals surface area contributed by atoms with Gasteiger partial charge in [0.1, 0.15) is 12.1 Å². The number of ketones is 2. The number of carboxylic acids is 1. The number of hydrogen-bond acceptors (Lipinski definition) is 5. The maximum atomic E-state index is 12.1. The highest BCUT2D eigenvalue weighted by Crippen LogP contribution is 2.67. The second kappa shape index (κ2) is 16.5. The van der Waals surface area contributed by atoms with E-state index in [0.29, 0.717) is 57.4 Å². The van der Waals surface area contributed by atoms with Crippen LogP contribution in [-0.4, -0.2) is 38.9 Å². The van der Waals surface area contributed by atoms with Crippen molar-refractivity contribution in [1.29, 1.82) is 0 Å². The predicted octanol–water partition coefficient (Wildman–Crippen LogP) is 9.31. The van der Waals surface area contributed by atoms with Crippen LogP contribution in [0.3, 0.4) is 0 Å². The van der Waals surface area contributed by atoms with Gasteiger partial charge in [0.05, 0.1) is 5.69 Å². The molecular formula is C47H81N4O4+. The maximum absolute atomic E-state index is 12.1. The van der Waals surface area contributed by atoms with E-state index in [0.717, 1.165) is 63.6 Å². The van der Waals surface area contributed by atoms with Gasteiger partial charge < -0.3 is 5.11 Å². The fourth-order valence-electron chi connectivity index (χ4n) is 12.7. The van der Waals surface area contributed by atoms with E-state index in [1.165, 1.54) is 35.2 Å². The van der Waals surface area contributed by atoms with Gasteiger partial charge in [-0.3, -0.25) is 25.5 Å². The molecule has 1 heterocycles. The van der Waals surface area contributed by atoms with Gasteiger partial charge >= 0.3 is 0 Å². The number of carbonyl (C=O) groups is 3. The molecule has 7 atom stereocenters. The van der Waals surface area contributed by atoms with Crippen molar-refractivity contribution in [2.75, 3.05) is 0 Å². The Balaban J connectivity index is 0.000000266. The number of nitrogens with two attached hydrogens (primary N) is 2. The fourth-order valence-corrected chi connectivity index (χ4v) is 12.7. The normalized spacial score (nSPS) is 33.1. The summed E-state index contributed by atoms with van der Waals surface area (Å²) in [5.74, 6) is 4.38. The largest absolute Gasteiger partial charge is 0.481 e. The predicted molar refractivity (Wildman–Crippen MR) is 226 cm³/mol. The number of hydrogen-bond donors (Lipinski definition) is 3. The number of allylic oxidation sites excluding steroid dienone is 2. The number of rotatable bonds is 0. The zero-order chi connectivity index (χ0) is 42.3. The highest BCUT2D eigenvalue weighted by atomic mass is 16.4. The first-order chi connectivity index (χ1) is 25.1. The lowest BCUT2D eigenvalue weighted by molar-refractivity contribution is -0.134. The van der Waals surface area contributed by atoms with Gasteiger partial charge in [0, 0.05) is 44.8 Å². The third-order valence-corrected chi connectivity index (χ3v) is 16.9. The van der Waals surface area contributed by atoms with E-state index in [4.69, 9.17) is 9.90 Å². The van der Waals surface area contributed by atoms with Crippen molar-refractivity contribution in [3.63, 3.8) is 0 Å². The van der Waals surface area contributed by atoms with Gasteiger partial charge in [-0.15, -0.1) is 0 Å². The molecule has 0 amide bonds. The van der Waals surface area contributed by atoms with E-state index in [1.54, 1.807) is 6.33 Å². The molecule has 0 aromatic carbocycles. The van der Waals surface area contributed by atoms with Crippen LogP contribution in [0.25, 0.3) is 0 Å². The SMILES string of the molecule is CC(=O)O.CC1C(C)(C)C2=C(C(=O)CCC2)C1(C)C.CC1C(C)(C)C2CCCC(=O)C2C1(C)C.CC1C(C)(C)C2CCc3cncnc3C2C1(C)C.NC=[NH2+].[HH]. The summed E-state index contributed by atoms with van der Waals surface area (Å²) in [6.07, 6.45) is 13.4. The van der Waals surface area contributed by atoms with E-state index in [2.05, 4.69) is 125 Å². The average molecular weight is 766 g/mol. The molecule has 5 N–H and O–H groups in total. The zero-order valence-corrected chi connectivity index (χ0v) is 37.7. The van der Waals surface area contributed by atoms with E-state index >= 15 is 0 Å². The monoisotopic (exact) mass is 766 g/mol. The Hall–Kier alpha value is -2.90. The van der Waals surface area contributed by atoms with Gasteiger partial charge in [0.25, 0.3) is 5.97 Å². The number of Topliss-reactive ketones (excluding diaryl/α,β-unsaturated/α-hetero) is 2. The van der Waals surface area contributed by atoms with Crippen molar-refractivity contribution < 1.29 is 26.3 Å². The summed E-state index contributed by atoms with van der Waals surface area (Å²) in [4.78, 5) is 42.0. The first kappa shape index (κ1) is 46.5. The number of fused-ring (bicyclic) bond motifs is 4. The molecule has 8 nitrogen and oxygen atoms in total. The Morgan fingerprint density at radius 3 is 1.75 bits per heavy atom. The second-order valence-electron chi connectivity index (χ2n) is 21.2. The minimum absolute atomic E-state index is 0. The molecule has 0 bridgehead atoms. The van der Waals surface area contributed by atoms with Crippen LogP contribution in [0.1, 0.15) is 174 Å². The summed E-state index contributed by atoms with van der Waals surface area (Å²) in [5, 5.41) is 11.9. The van der Waals surface area contributed by atoms with Crippen LogP contribution >= 0.6 is 0 Å². The molecular weight excluding hydrogens is 685 g/mol. The van der Waals surface area contributed by atoms with E-state index in [-0.39, 0.29) is 17.7 Å². The van der Waals surface area contributed by atoms with E-state index in [9.17, 15) is 9.59 Å². The summed E-state index contributed by atoms with van der Waals surface area (Å²) < 4.78 is 0. The Morgan fingerprint density at radius 1 is 0.764 bits per heavy atom. The van der Waals surface area contributed by atoms with Crippen molar-refractivity contribution in [1.82, 2.24) is 9.97 Å². The molecule has 55 heavy (non-hydrogen) atoms. The first-order valence-electron chi connectivity index (χ1n) is 21.1. The van der Waals surface area contributed by atoms with Crippen molar-refractivity contribution in [3.05, 3.63) is 34.9 Å². The Morgan fingerprint density at radius 2 is 1.25 bits per heavy atom. The van der Waals surface area contributed by atoms with Gasteiger partial charge in [-0.05, 0) is 106 Å². The van der Waals surface area contributed by atoms with Crippen LogP contribution in [0.15, 0.2) is 23.7 Å². The van der Waals surface area contributed by atoms with Crippen molar-refractivity contribution >= 4 is 23.9 Å². The van der Waals surface area contributed by atoms with Crippen LogP contribution in [0.2, 0.25) is 0 Å². The minimum atomic E-state index is -0.833. The molecule has 6 aliphatic carbocycles. The highest BCUT2D eigenvalue weighted by Gasteiger charge is 2.61. The van der Waals surface area contributed by atoms with Gasteiger partial charge in [-0.25, -0.2) is 9.97 Å². The summed E-state index contributed by atoms with van der Waals surface area (Å²) in [6, 6.07) is 0. The van der Waals surface area contributed by atoms with Gasteiger partial charge in [-0.1, -0.05) is 109 Å². The summed E-state index contributed by atoms with van der Waals surface area (Å²) in [7, 11) is 0. The second-order valence-corrected chi connectivity index (χ2v) is 21.2. The number of carboxylic acid groups (broad SMARTS) is 1. The Labute approximate surface area is 336 Å².